The van der Waals surface area contributed by atoms with Crippen LogP contribution >= 0.6 is 0 Å². The molecule has 2 fully saturated rings. The molecule has 1 amide bonds. The molecule has 1 saturated heterocycles. The number of rotatable bonds is 2. The third-order valence-electron chi connectivity index (χ3n) is 3.16. The van der Waals surface area contributed by atoms with Crippen molar-refractivity contribution in [2.75, 3.05) is 13.2 Å². The fraction of sp³-hybridized carbons (Fsp3) is 0.900. The number of carbonyl (C=O) groups excluding carboxylic acids is 1. The number of hydrogen-bond donors (Lipinski definition) is 2. The van der Waals surface area contributed by atoms with Gasteiger partial charge in [0.05, 0.1) is 12.1 Å². The smallest absolute Gasteiger partial charge is 0.223 e. The molecule has 14 heavy (non-hydrogen) atoms. The van der Waals surface area contributed by atoms with Crippen molar-refractivity contribution >= 4 is 5.91 Å². The molecular formula is C10H17NO3. The third-order valence-corrected chi connectivity index (χ3v) is 3.16. The third kappa shape index (κ3) is 2.07. The van der Waals surface area contributed by atoms with Gasteiger partial charge in [0, 0.05) is 19.1 Å². The summed E-state index contributed by atoms with van der Waals surface area (Å²) in [5.41, 5.74) is 0. The predicted octanol–water partition coefficient (Wildman–Crippen LogP) is 0.0525. The molecular weight excluding hydrogens is 182 g/mol. The van der Waals surface area contributed by atoms with Gasteiger partial charge >= 0.3 is 0 Å². The van der Waals surface area contributed by atoms with Crippen molar-refractivity contribution < 1.29 is 14.6 Å². The highest BCUT2D eigenvalue weighted by molar-refractivity contribution is 5.79. The van der Waals surface area contributed by atoms with Crippen molar-refractivity contribution in [3.63, 3.8) is 0 Å². The molecule has 80 valence electrons. The SMILES string of the molecule is O=C(NC1CCC1O)C1CCOCC1. The monoisotopic (exact) mass is 199 g/mol. The summed E-state index contributed by atoms with van der Waals surface area (Å²) in [6.07, 6.45) is 3.04. The van der Waals surface area contributed by atoms with Crippen LogP contribution in [0.4, 0.5) is 0 Å². The predicted molar refractivity (Wildman–Crippen MR) is 50.7 cm³/mol. The van der Waals surface area contributed by atoms with Crippen molar-refractivity contribution in [3.05, 3.63) is 0 Å². The zero-order valence-electron chi connectivity index (χ0n) is 8.24. The molecule has 1 saturated carbocycles. The minimum absolute atomic E-state index is 0.00495. The van der Waals surface area contributed by atoms with E-state index >= 15 is 0 Å². The van der Waals surface area contributed by atoms with Crippen LogP contribution in [0.25, 0.3) is 0 Å². The van der Waals surface area contributed by atoms with Gasteiger partial charge in [-0.05, 0) is 25.7 Å². The van der Waals surface area contributed by atoms with Crippen LogP contribution < -0.4 is 5.32 Å². The summed E-state index contributed by atoms with van der Waals surface area (Å²) >= 11 is 0. The van der Waals surface area contributed by atoms with E-state index in [1.165, 1.54) is 0 Å². The second-order valence-corrected chi connectivity index (χ2v) is 4.15. The fourth-order valence-electron chi connectivity index (χ4n) is 1.91. The molecule has 1 aliphatic heterocycles. The number of aliphatic hydroxyl groups is 1. The second-order valence-electron chi connectivity index (χ2n) is 4.15. The van der Waals surface area contributed by atoms with Crippen molar-refractivity contribution in [2.45, 2.75) is 37.8 Å². The maximum atomic E-state index is 11.7. The number of nitrogens with one attached hydrogen (secondary N) is 1. The van der Waals surface area contributed by atoms with Crippen LogP contribution in [0.15, 0.2) is 0 Å². The van der Waals surface area contributed by atoms with Gasteiger partial charge < -0.3 is 15.2 Å². The fourth-order valence-corrected chi connectivity index (χ4v) is 1.91. The van der Waals surface area contributed by atoms with Gasteiger partial charge in [-0.15, -0.1) is 0 Å². The summed E-state index contributed by atoms with van der Waals surface area (Å²) in [6, 6.07) is 0.00495. The number of ether oxygens (including phenoxy) is 1. The molecule has 0 aromatic carbocycles. The molecule has 2 atom stereocenters. The van der Waals surface area contributed by atoms with Gasteiger partial charge in [0.25, 0.3) is 0 Å². The molecule has 2 rings (SSSR count). The number of amides is 1. The first-order valence-corrected chi connectivity index (χ1v) is 5.33. The van der Waals surface area contributed by atoms with Gasteiger partial charge in [-0.3, -0.25) is 4.79 Å². The number of carbonyl (C=O) groups is 1. The first-order chi connectivity index (χ1) is 6.77. The molecule has 2 N–H and O–H groups in total. The first kappa shape index (κ1) is 9.93. The highest BCUT2D eigenvalue weighted by atomic mass is 16.5. The summed E-state index contributed by atoms with van der Waals surface area (Å²) in [7, 11) is 0. The summed E-state index contributed by atoms with van der Waals surface area (Å²) in [5, 5.41) is 12.2. The summed E-state index contributed by atoms with van der Waals surface area (Å²) < 4.78 is 5.19. The normalized spacial score (nSPS) is 33.5. The van der Waals surface area contributed by atoms with Crippen LogP contribution in [0.1, 0.15) is 25.7 Å². The van der Waals surface area contributed by atoms with Gasteiger partial charge in [0.15, 0.2) is 0 Å². The van der Waals surface area contributed by atoms with E-state index in [9.17, 15) is 9.90 Å². The largest absolute Gasteiger partial charge is 0.391 e. The van der Waals surface area contributed by atoms with E-state index in [1.807, 2.05) is 0 Å². The molecule has 0 aromatic rings. The maximum Gasteiger partial charge on any atom is 0.223 e. The molecule has 0 radical (unpaired) electrons. The van der Waals surface area contributed by atoms with Gasteiger partial charge in [-0.25, -0.2) is 0 Å². The van der Waals surface area contributed by atoms with Crippen molar-refractivity contribution in [1.29, 1.82) is 0 Å². The van der Waals surface area contributed by atoms with Crippen LogP contribution in [0.5, 0.6) is 0 Å². The Kier molecular flexibility index (Phi) is 3.03. The number of aliphatic hydroxyl groups excluding tert-OH is 1. The number of hydrogen-bond acceptors (Lipinski definition) is 3. The van der Waals surface area contributed by atoms with Crippen LogP contribution in [0.2, 0.25) is 0 Å². The Bertz CT molecular complexity index is 213. The molecule has 4 heteroatoms. The maximum absolute atomic E-state index is 11.7. The standard InChI is InChI=1S/C10H17NO3/c12-9-2-1-8(9)11-10(13)7-3-5-14-6-4-7/h7-9,12H,1-6H2,(H,11,13). The lowest BCUT2D eigenvalue weighted by atomic mass is 9.88. The Labute approximate surface area is 83.6 Å². The molecule has 2 unspecified atom stereocenters. The second kappa shape index (κ2) is 4.28. The van der Waals surface area contributed by atoms with Crippen molar-refractivity contribution in [3.8, 4) is 0 Å². The van der Waals surface area contributed by atoms with Crippen LogP contribution in [0, 0.1) is 5.92 Å². The summed E-state index contributed by atoms with van der Waals surface area (Å²) in [5.74, 6) is 0.189. The lowest BCUT2D eigenvalue weighted by molar-refractivity contribution is -0.130. The lowest BCUT2D eigenvalue weighted by Crippen LogP contribution is -2.52. The quantitative estimate of drug-likeness (QED) is 0.661. The van der Waals surface area contributed by atoms with E-state index in [1.54, 1.807) is 0 Å². The zero-order chi connectivity index (χ0) is 9.97. The average Bonchev–Trinajstić information content (AvgIpc) is 2.24. The van der Waals surface area contributed by atoms with E-state index in [-0.39, 0.29) is 24.0 Å². The van der Waals surface area contributed by atoms with Gasteiger partial charge in [-0.2, -0.15) is 0 Å². The minimum atomic E-state index is -0.321. The highest BCUT2D eigenvalue weighted by Gasteiger charge is 2.32. The minimum Gasteiger partial charge on any atom is -0.391 e. The van der Waals surface area contributed by atoms with Crippen molar-refractivity contribution in [1.82, 2.24) is 5.32 Å². The Morgan fingerprint density at radius 2 is 1.93 bits per heavy atom. The van der Waals surface area contributed by atoms with Crippen molar-refractivity contribution in [2.24, 2.45) is 5.92 Å². The molecule has 2 aliphatic rings. The van der Waals surface area contributed by atoms with Gasteiger partial charge in [-0.1, -0.05) is 0 Å². The molecule has 0 spiro atoms. The zero-order valence-corrected chi connectivity index (χ0v) is 8.24. The summed E-state index contributed by atoms with van der Waals surface area (Å²) in [4.78, 5) is 11.7. The van der Waals surface area contributed by atoms with Gasteiger partial charge in [0.2, 0.25) is 5.91 Å². The first-order valence-electron chi connectivity index (χ1n) is 5.33. The molecule has 1 heterocycles. The highest BCUT2D eigenvalue weighted by Crippen LogP contribution is 2.21. The van der Waals surface area contributed by atoms with E-state index in [2.05, 4.69) is 5.32 Å². The molecule has 0 bridgehead atoms. The Morgan fingerprint density at radius 1 is 1.21 bits per heavy atom. The van der Waals surface area contributed by atoms with E-state index in [4.69, 9.17) is 4.74 Å². The molecule has 4 nitrogen and oxygen atoms in total. The van der Waals surface area contributed by atoms with E-state index in [0.717, 1.165) is 25.7 Å². The lowest BCUT2D eigenvalue weighted by Gasteiger charge is -2.34. The van der Waals surface area contributed by atoms with Crippen LogP contribution in [-0.4, -0.2) is 36.4 Å². The van der Waals surface area contributed by atoms with Crippen LogP contribution in [-0.2, 0) is 9.53 Å². The Hall–Kier alpha value is -0.610. The van der Waals surface area contributed by atoms with Gasteiger partial charge in [0.1, 0.15) is 0 Å². The average molecular weight is 199 g/mol. The summed E-state index contributed by atoms with van der Waals surface area (Å²) in [6.45, 7) is 1.37. The Morgan fingerprint density at radius 3 is 2.43 bits per heavy atom. The van der Waals surface area contributed by atoms with Crippen LogP contribution in [0.3, 0.4) is 0 Å². The molecule has 0 aromatic heterocycles. The topological polar surface area (TPSA) is 58.6 Å². The van der Waals surface area contributed by atoms with E-state index in [0.29, 0.717) is 13.2 Å². The Balaban J connectivity index is 1.76. The van der Waals surface area contributed by atoms with E-state index < -0.39 is 0 Å². The molecule has 1 aliphatic carbocycles.